The quantitative estimate of drug-likeness (QED) is 0.866. The second kappa shape index (κ2) is 6.23. The van der Waals surface area contributed by atoms with Crippen LogP contribution in [0.15, 0.2) is 42.6 Å². The lowest BCUT2D eigenvalue weighted by molar-refractivity contribution is 0.769. The Morgan fingerprint density at radius 3 is 2.21 bits per heavy atom. The Labute approximate surface area is 114 Å². The molecule has 1 heterocycles. The van der Waals surface area contributed by atoms with Gasteiger partial charge in [-0.25, -0.2) is 4.98 Å². The highest BCUT2D eigenvalue weighted by molar-refractivity contribution is 5.46. The maximum absolute atomic E-state index is 5.61. The third-order valence-electron chi connectivity index (χ3n) is 3.19. The zero-order valence-corrected chi connectivity index (χ0v) is 11.6. The molecule has 0 amide bonds. The molecule has 0 atom stereocenters. The molecule has 19 heavy (non-hydrogen) atoms. The fourth-order valence-corrected chi connectivity index (χ4v) is 2.36. The summed E-state index contributed by atoms with van der Waals surface area (Å²) in [4.78, 5) is 4.27. The molecule has 3 rings (SSSR count). The predicted molar refractivity (Wildman–Crippen MR) is 81.3 cm³/mol. The second-order valence-corrected chi connectivity index (χ2v) is 4.49. The van der Waals surface area contributed by atoms with Crippen LogP contribution in [0.5, 0.6) is 0 Å². The molecule has 2 aromatic rings. The van der Waals surface area contributed by atoms with Gasteiger partial charge in [0.05, 0.1) is 11.9 Å². The Kier molecular flexibility index (Phi) is 4.39. The number of aromatic nitrogens is 1. The van der Waals surface area contributed by atoms with Crippen LogP contribution in [0.2, 0.25) is 0 Å². The third-order valence-corrected chi connectivity index (χ3v) is 3.19. The molecule has 0 fully saturated rings. The molecule has 100 valence electrons. The number of nitrogens with zero attached hydrogens (tertiary/aromatic N) is 1. The minimum absolute atomic E-state index is 0.448. The molecule has 1 aromatic heterocycles. The number of nitrogen functional groups attached to an aromatic ring is 1. The van der Waals surface area contributed by atoms with Crippen LogP contribution in [0.3, 0.4) is 0 Å². The average Bonchev–Trinajstić information content (AvgIpc) is 2.86. The lowest BCUT2D eigenvalue weighted by Crippen LogP contribution is -2.20. The molecule has 1 aromatic carbocycles. The van der Waals surface area contributed by atoms with Crippen LogP contribution in [0.4, 0.5) is 11.5 Å². The minimum Gasteiger partial charge on any atom is -0.397 e. The molecule has 3 heteroatoms. The number of hydrogen-bond donors (Lipinski definition) is 2. The van der Waals surface area contributed by atoms with Crippen molar-refractivity contribution in [1.82, 2.24) is 4.98 Å². The van der Waals surface area contributed by atoms with Crippen molar-refractivity contribution in [3.8, 4) is 0 Å². The molecule has 1 aliphatic rings. The summed E-state index contributed by atoms with van der Waals surface area (Å²) in [5.41, 5.74) is 9.20. The zero-order chi connectivity index (χ0) is 13.7. The molecular weight excluding hydrogens is 234 g/mol. The Bertz CT molecular complexity index is 495. The maximum Gasteiger partial charge on any atom is 0.126 e. The Morgan fingerprint density at radius 2 is 1.68 bits per heavy atom. The van der Waals surface area contributed by atoms with Crippen molar-refractivity contribution in [3.05, 3.63) is 53.7 Å². The first-order valence-electron chi connectivity index (χ1n) is 6.86. The summed E-state index contributed by atoms with van der Waals surface area (Å²) in [6.07, 6.45) is 3.83. The van der Waals surface area contributed by atoms with Crippen molar-refractivity contribution >= 4 is 11.5 Å². The normalized spacial score (nSPS) is 13.4. The van der Waals surface area contributed by atoms with E-state index in [0.29, 0.717) is 11.7 Å². The molecule has 0 spiro atoms. The highest BCUT2D eigenvalue weighted by Crippen LogP contribution is 2.23. The monoisotopic (exact) mass is 255 g/mol. The summed E-state index contributed by atoms with van der Waals surface area (Å²) in [5, 5.41) is 3.45. The summed E-state index contributed by atoms with van der Waals surface area (Å²) in [6, 6.07) is 12.9. The molecule has 0 bridgehead atoms. The smallest absolute Gasteiger partial charge is 0.126 e. The summed E-state index contributed by atoms with van der Waals surface area (Å²) in [5.74, 6) is 0.900. The van der Waals surface area contributed by atoms with Crippen molar-refractivity contribution in [2.75, 3.05) is 11.1 Å². The topological polar surface area (TPSA) is 50.9 Å². The van der Waals surface area contributed by atoms with Gasteiger partial charge in [0.25, 0.3) is 0 Å². The van der Waals surface area contributed by atoms with E-state index in [1.165, 1.54) is 11.1 Å². The number of benzene rings is 1. The van der Waals surface area contributed by atoms with Gasteiger partial charge in [0.1, 0.15) is 5.82 Å². The Morgan fingerprint density at radius 1 is 1.05 bits per heavy atom. The SMILES string of the molecule is CC.Nc1ccc(NC2Cc3ccccc3C2)nc1. The van der Waals surface area contributed by atoms with Gasteiger partial charge in [-0.3, -0.25) is 0 Å². The lowest BCUT2D eigenvalue weighted by atomic mass is 10.1. The van der Waals surface area contributed by atoms with E-state index in [0.717, 1.165) is 18.7 Å². The van der Waals surface area contributed by atoms with Gasteiger partial charge in [-0.15, -0.1) is 0 Å². The first-order chi connectivity index (χ1) is 9.31. The lowest BCUT2D eigenvalue weighted by Gasteiger charge is -2.12. The summed E-state index contributed by atoms with van der Waals surface area (Å²) >= 11 is 0. The predicted octanol–water partition coefficient (Wildman–Crippen LogP) is 3.27. The van der Waals surface area contributed by atoms with E-state index in [1.54, 1.807) is 6.20 Å². The zero-order valence-electron chi connectivity index (χ0n) is 11.6. The Hall–Kier alpha value is -2.03. The van der Waals surface area contributed by atoms with Crippen LogP contribution in [-0.2, 0) is 12.8 Å². The van der Waals surface area contributed by atoms with E-state index >= 15 is 0 Å². The van der Waals surface area contributed by atoms with E-state index in [2.05, 4.69) is 34.6 Å². The van der Waals surface area contributed by atoms with Crippen molar-refractivity contribution in [2.24, 2.45) is 0 Å². The van der Waals surface area contributed by atoms with E-state index in [-0.39, 0.29) is 0 Å². The van der Waals surface area contributed by atoms with Crippen molar-refractivity contribution in [3.63, 3.8) is 0 Å². The van der Waals surface area contributed by atoms with E-state index < -0.39 is 0 Å². The second-order valence-electron chi connectivity index (χ2n) is 4.49. The number of hydrogen-bond acceptors (Lipinski definition) is 3. The number of nitrogens with two attached hydrogens (primary N) is 1. The van der Waals surface area contributed by atoms with E-state index in [9.17, 15) is 0 Å². The number of pyridine rings is 1. The maximum atomic E-state index is 5.61. The van der Waals surface area contributed by atoms with Gasteiger partial charge in [0.15, 0.2) is 0 Å². The molecule has 0 saturated heterocycles. The number of nitrogens with one attached hydrogen (secondary N) is 1. The molecule has 0 saturated carbocycles. The van der Waals surface area contributed by atoms with Crippen LogP contribution < -0.4 is 11.1 Å². The minimum atomic E-state index is 0.448. The number of fused-ring (bicyclic) bond motifs is 1. The average molecular weight is 255 g/mol. The molecule has 3 nitrogen and oxygen atoms in total. The number of rotatable bonds is 2. The van der Waals surface area contributed by atoms with Crippen molar-refractivity contribution < 1.29 is 0 Å². The first-order valence-corrected chi connectivity index (χ1v) is 6.86. The van der Waals surface area contributed by atoms with Gasteiger partial charge in [-0.1, -0.05) is 38.1 Å². The fourth-order valence-electron chi connectivity index (χ4n) is 2.36. The van der Waals surface area contributed by atoms with Gasteiger partial charge in [-0.05, 0) is 36.1 Å². The molecular formula is C16H21N3. The van der Waals surface area contributed by atoms with Crippen LogP contribution >= 0.6 is 0 Å². The van der Waals surface area contributed by atoms with Crippen LogP contribution in [0.1, 0.15) is 25.0 Å². The highest BCUT2D eigenvalue weighted by Gasteiger charge is 2.20. The molecule has 1 aliphatic carbocycles. The molecule has 0 unspecified atom stereocenters. The molecule has 0 radical (unpaired) electrons. The molecule has 0 aliphatic heterocycles. The number of anilines is 2. The van der Waals surface area contributed by atoms with E-state index in [4.69, 9.17) is 5.73 Å². The Balaban J connectivity index is 0.000000637. The van der Waals surface area contributed by atoms with Gasteiger partial charge < -0.3 is 11.1 Å². The van der Waals surface area contributed by atoms with Crippen LogP contribution in [0.25, 0.3) is 0 Å². The van der Waals surface area contributed by atoms with Gasteiger partial charge >= 0.3 is 0 Å². The summed E-state index contributed by atoms with van der Waals surface area (Å²) < 4.78 is 0. The van der Waals surface area contributed by atoms with Crippen LogP contribution in [0, 0.1) is 0 Å². The van der Waals surface area contributed by atoms with E-state index in [1.807, 2.05) is 26.0 Å². The standard InChI is InChI=1S/C14H15N3.C2H6/c15-12-5-6-14(16-9-12)17-13-7-10-3-1-2-4-11(10)8-13;1-2/h1-6,9,13H,7-8,15H2,(H,16,17);1-2H3. The fraction of sp³-hybridized carbons (Fsp3) is 0.312. The summed E-state index contributed by atoms with van der Waals surface area (Å²) in [6.45, 7) is 4.00. The van der Waals surface area contributed by atoms with Gasteiger partial charge in [-0.2, -0.15) is 0 Å². The van der Waals surface area contributed by atoms with Gasteiger partial charge in [0.2, 0.25) is 0 Å². The van der Waals surface area contributed by atoms with Crippen molar-refractivity contribution in [1.29, 1.82) is 0 Å². The van der Waals surface area contributed by atoms with Gasteiger partial charge in [0, 0.05) is 6.04 Å². The summed E-state index contributed by atoms with van der Waals surface area (Å²) in [7, 11) is 0. The first kappa shape index (κ1) is 13.4. The van der Waals surface area contributed by atoms with Crippen molar-refractivity contribution in [2.45, 2.75) is 32.7 Å². The largest absolute Gasteiger partial charge is 0.397 e. The van der Waals surface area contributed by atoms with Crippen LogP contribution in [-0.4, -0.2) is 11.0 Å². The highest BCUT2D eigenvalue weighted by atomic mass is 15.0. The molecule has 3 N–H and O–H groups in total. The third kappa shape index (κ3) is 3.25.